The molecular weight excluding hydrogens is 120 g/mol. The lowest BCUT2D eigenvalue weighted by molar-refractivity contribution is 0.230. The van der Waals surface area contributed by atoms with E-state index in [0.717, 1.165) is 5.75 Å². The zero-order chi connectivity index (χ0) is 6.41. The van der Waals surface area contributed by atoms with Crippen LogP contribution in [-0.4, -0.2) is 23.2 Å². The summed E-state index contributed by atoms with van der Waals surface area (Å²) >= 11 is 1.69. The maximum atomic E-state index is 8.74. The third kappa shape index (κ3) is 4.04. The molecule has 0 saturated carbocycles. The van der Waals surface area contributed by atoms with E-state index in [-0.39, 0.29) is 0 Å². The maximum Gasteiger partial charge on any atom is 0.115 e. The molecule has 1 unspecified atom stereocenters. The summed E-state index contributed by atoms with van der Waals surface area (Å²) in [7, 11) is 0. The lowest BCUT2D eigenvalue weighted by atomic mass is 10.3. The average Bonchev–Trinajstić information content (AvgIpc) is 1.83. The van der Waals surface area contributed by atoms with Crippen LogP contribution in [0.4, 0.5) is 0 Å². The summed E-state index contributed by atoms with van der Waals surface area (Å²) in [5, 5.41) is 8.74. The van der Waals surface area contributed by atoms with Crippen molar-refractivity contribution >= 4 is 11.8 Å². The van der Waals surface area contributed by atoms with Gasteiger partial charge >= 0.3 is 0 Å². The quantitative estimate of drug-likeness (QED) is 0.568. The zero-order valence-electron chi connectivity index (χ0n) is 4.92. The Morgan fingerprint density at radius 2 is 2.50 bits per heavy atom. The van der Waals surface area contributed by atoms with Crippen LogP contribution in [0.15, 0.2) is 0 Å². The van der Waals surface area contributed by atoms with Gasteiger partial charge in [0.05, 0.1) is 0 Å². The van der Waals surface area contributed by atoms with Crippen molar-refractivity contribution in [1.82, 2.24) is 0 Å². The van der Waals surface area contributed by atoms with Gasteiger partial charge in [-0.15, -0.1) is 6.42 Å². The number of rotatable bonds is 3. The predicted octanol–water partition coefficient (Wildman–Crippen LogP) is 0.734. The van der Waals surface area contributed by atoms with Gasteiger partial charge in [-0.1, -0.05) is 5.92 Å². The summed E-state index contributed by atoms with van der Waals surface area (Å²) in [4.78, 5) is 0. The van der Waals surface area contributed by atoms with Gasteiger partial charge in [0.2, 0.25) is 0 Å². The van der Waals surface area contributed by atoms with E-state index < -0.39 is 6.10 Å². The van der Waals surface area contributed by atoms with Crippen molar-refractivity contribution in [2.75, 3.05) is 12.0 Å². The summed E-state index contributed by atoms with van der Waals surface area (Å²) in [6, 6.07) is 0. The Labute approximate surface area is 54.5 Å². The first-order valence-corrected chi connectivity index (χ1v) is 3.83. The van der Waals surface area contributed by atoms with Crippen molar-refractivity contribution in [2.45, 2.75) is 12.5 Å². The molecule has 0 spiro atoms. The van der Waals surface area contributed by atoms with E-state index >= 15 is 0 Å². The standard InChI is InChI=1S/C6H10OS/c1-3-6(7)4-5-8-2/h1,6-7H,4-5H2,2H3. The normalized spacial score (nSPS) is 12.6. The molecule has 2 heteroatoms. The molecule has 0 aromatic rings. The van der Waals surface area contributed by atoms with Gasteiger partial charge in [0.15, 0.2) is 0 Å². The second-order valence-corrected chi connectivity index (χ2v) is 2.45. The molecule has 1 nitrogen and oxygen atoms in total. The predicted molar refractivity (Wildman–Crippen MR) is 37.8 cm³/mol. The summed E-state index contributed by atoms with van der Waals surface area (Å²) in [5.74, 6) is 3.18. The molecular formula is C6H10OS. The molecule has 0 radical (unpaired) electrons. The van der Waals surface area contributed by atoms with Gasteiger partial charge in [0.1, 0.15) is 6.10 Å². The molecule has 0 heterocycles. The Hall–Kier alpha value is -0.130. The Morgan fingerprint density at radius 3 is 2.88 bits per heavy atom. The van der Waals surface area contributed by atoms with Gasteiger partial charge in [0.25, 0.3) is 0 Å². The minimum absolute atomic E-state index is 0.539. The third-order valence-electron chi connectivity index (χ3n) is 0.788. The van der Waals surface area contributed by atoms with E-state index in [1.54, 1.807) is 11.8 Å². The summed E-state index contributed by atoms with van der Waals surface area (Å²) in [6.45, 7) is 0. The number of hydrogen-bond acceptors (Lipinski definition) is 2. The lowest BCUT2D eigenvalue weighted by Crippen LogP contribution is -2.02. The number of aliphatic hydroxyl groups excluding tert-OH is 1. The third-order valence-corrected chi connectivity index (χ3v) is 1.43. The van der Waals surface area contributed by atoms with E-state index in [9.17, 15) is 0 Å². The molecule has 0 fully saturated rings. The molecule has 0 aliphatic rings. The molecule has 1 atom stereocenters. The first-order valence-electron chi connectivity index (χ1n) is 2.44. The average molecular weight is 130 g/mol. The molecule has 0 aromatic carbocycles. The van der Waals surface area contributed by atoms with Crippen molar-refractivity contribution in [2.24, 2.45) is 0 Å². The van der Waals surface area contributed by atoms with Gasteiger partial charge in [-0.3, -0.25) is 0 Å². The monoisotopic (exact) mass is 130 g/mol. The van der Waals surface area contributed by atoms with Crippen molar-refractivity contribution in [3.05, 3.63) is 0 Å². The Kier molecular flexibility index (Phi) is 4.93. The van der Waals surface area contributed by atoms with Crippen molar-refractivity contribution in [1.29, 1.82) is 0 Å². The van der Waals surface area contributed by atoms with Crippen molar-refractivity contribution in [3.63, 3.8) is 0 Å². The fourth-order valence-electron chi connectivity index (χ4n) is 0.313. The van der Waals surface area contributed by atoms with E-state index in [1.165, 1.54) is 0 Å². The number of terminal acetylenes is 1. The Morgan fingerprint density at radius 1 is 1.88 bits per heavy atom. The molecule has 0 saturated heterocycles. The first kappa shape index (κ1) is 7.87. The van der Waals surface area contributed by atoms with Gasteiger partial charge in [-0.25, -0.2) is 0 Å². The van der Waals surface area contributed by atoms with Gasteiger partial charge < -0.3 is 5.11 Å². The smallest absolute Gasteiger partial charge is 0.115 e. The van der Waals surface area contributed by atoms with Crippen LogP contribution in [0.1, 0.15) is 6.42 Å². The van der Waals surface area contributed by atoms with Gasteiger partial charge in [-0.2, -0.15) is 11.8 Å². The van der Waals surface area contributed by atoms with Crippen molar-refractivity contribution in [3.8, 4) is 12.3 Å². The second kappa shape index (κ2) is 5.02. The van der Waals surface area contributed by atoms with Crippen LogP contribution >= 0.6 is 11.8 Å². The summed E-state index contributed by atoms with van der Waals surface area (Å²) in [6.07, 6.45) is 7.06. The molecule has 0 aromatic heterocycles. The van der Waals surface area contributed by atoms with Crippen LogP contribution in [-0.2, 0) is 0 Å². The summed E-state index contributed by atoms with van der Waals surface area (Å²) < 4.78 is 0. The molecule has 0 aliphatic heterocycles. The first-order chi connectivity index (χ1) is 3.81. The van der Waals surface area contributed by atoms with Crippen LogP contribution in [0.3, 0.4) is 0 Å². The second-order valence-electron chi connectivity index (χ2n) is 1.46. The summed E-state index contributed by atoms with van der Waals surface area (Å²) in [5.41, 5.74) is 0. The Bertz CT molecular complexity index is 85.0. The number of hydrogen-bond donors (Lipinski definition) is 1. The van der Waals surface area contributed by atoms with Crippen molar-refractivity contribution < 1.29 is 5.11 Å². The molecule has 8 heavy (non-hydrogen) atoms. The molecule has 1 N–H and O–H groups in total. The maximum absolute atomic E-state index is 8.74. The molecule has 46 valence electrons. The molecule has 0 rings (SSSR count). The van der Waals surface area contributed by atoms with Gasteiger partial charge in [0, 0.05) is 0 Å². The highest BCUT2D eigenvalue weighted by Gasteiger charge is 1.94. The largest absolute Gasteiger partial charge is 0.380 e. The highest BCUT2D eigenvalue weighted by Crippen LogP contribution is 1.98. The minimum Gasteiger partial charge on any atom is -0.380 e. The number of aliphatic hydroxyl groups is 1. The fraction of sp³-hybridized carbons (Fsp3) is 0.667. The molecule has 0 bridgehead atoms. The van der Waals surface area contributed by atoms with E-state index in [4.69, 9.17) is 11.5 Å². The number of thioether (sulfide) groups is 1. The highest BCUT2D eigenvalue weighted by molar-refractivity contribution is 7.98. The zero-order valence-corrected chi connectivity index (χ0v) is 5.74. The highest BCUT2D eigenvalue weighted by atomic mass is 32.2. The minimum atomic E-state index is -0.539. The van der Waals surface area contributed by atoms with E-state index in [1.807, 2.05) is 6.26 Å². The lowest BCUT2D eigenvalue weighted by Gasteiger charge is -1.97. The molecule has 0 amide bonds. The Balaban J connectivity index is 3.02. The van der Waals surface area contributed by atoms with Crippen LogP contribution in [0.25, 0.3) is 0 Å². The van der Waals surface area contributed by atoms with Crippen LogP contribution < -0.4 is 0 Å². The topological polar surface area (TPSA) is 20.2 Å². The van der Waals surface area contributed by atoms with Crippen LogP contribution in [0.5, 0.6) is 0 Å². The van der Waals surface area contributed by atoms with Gasteiger partial charge in [-0.05, 0) is 18.4 Å². The van der Waals surface area contributed by atoms with Crippen LogP contribution in [0.2, 0.25) is 0 Å². The van der Waals surface area contributed by atoms with E-state index in [0.29, 0.717) is 6.42 Å². The van der Waals surface area contributed by atoms with Crippen LogP contribution in [0, 0.1) is 12.3 Å². The fourth-order valence-corrected chi connectivity index (χ4v) is 0.772. The SMILES string of the molecule is C#CC(O)CCSC. The molecule has 0 aliphatic carbocycles. The van der Waals surface area contributed by atoms with E-state index in [2.05, 4.69) is 5.92 Å².